The molecule has 4 rings (SSSR count). The second-order valence-corrected chi connectivity index (χ2v) is 9.59. The zero-order chi connectivity index (χ0) is 19.8. The van der Waals surface area contributed by atoms with Crippen LogP contribution in [0.25, 0.3) is 10.2 Å². The highest BCUT2D eigenvalue weighted by Gasteiger charge is 2.32. The van der Waals surface area contributed by atoms with Crippen LogP contribution in [0.3, 0.4) is 0 Å². The number of amides is 2. The summed E-state index contributed by atoms with van der Waals surface area (Å²) in [5.41, 5.74) is 1.01. The van der Waals surface area contributed by atoms with E-state index in [1.54, 1.807) is 30.3 Å². The van der Waals surface area contributed by atoms with Gasteiger partial charge in [-0.3, -0.25) is 14.3 Å². The lowest BCUT2D eigenvalue weighted by Crippen LogP contribution is -2.34. The molecule has 7 heteroatoms. The maximum atomic E-state index is 12.9. The van der Waals surface area contributed by atoms with Crippen LogP contribution in [0.4, 0.5) is 0 Å². The van der Waals surface area contributed by atoms with E-state index in [1.807, 2.05) is 13.0 Å². The molecule has 2 fully saturated rings. The minimum Gasteiger partial charge on any atom is -0.349 e. The average Bonchev–Trinajstić information content (AvgIpc) is 3.38. The lowest BCUT2D eigenvalue weighted by atomic mass is 9.96. The molecule has 2 aliphatic carbocycles. The number of hydrogen-bond donors (Lipinski definition) is 1. The minimum atomic E-state index is -0.0150. The third-order valence-corrected chi connectivity index (χ3v) is 7.39. The number of carbonyl (C=O) groups is 2. The number of aromatic nitrogens is 2. The smallest absolute Gasteiger partial charge is 0.261 e. The van der Waals surface area contributed by atoms with Gasteiger partial charge in [0.15, 0.2) is 0 Å². The molecule has 2 atom stereocenters. The Kier molecular flexibility index (Phi) is 5.45. The van der Waals surface area contributed by atoms with Gasteiger partial charge in [0.1, 0.15) is 4.83 Å². The van der Waals surface area contributed by atoms with Crippen LogP contribution in [-0.4, -0.2) is 46.6 Å². The monoisotopic (exact) mass is 402 g/mol. The summed E-state index contributed by atoms with van der Waals surface area (Å²) in [5.74, 6) is 0.186. The Hall–Kier alpha value is -1.89. The summed E-state index contributed by atoms with van der Waals surface area (Å²) in [4.78, 5) is 28.5. The predicted octanol–water partition coefficient (Wildman–Crippen LogP) is 3.90. The van der Waals surface area contributed by atoms with E-state index in [1.165, 1.54) is 32.1 Å². The van der Waals surface area contributed by atoms with Crippen molar-refractivity contribution in [2.45, 2.75) is 70.4 Å². The van der Waals surface area contributed by atoms with Crippen LogP contribution in [-0.2, 0) is 4.79 Å². The number of hydrogen-bond acceptors (Lipinski definition) is 4. The highest BCUT2D eigenvalue weighted by Crippen LogP contribution is 2.35. The van der Waals surface area contributed by atoms with Crippen molar-refractivity contribution in [3.05, 3.63) is 16.6 Å². The highest BCUT2D eigenvalue weighted by molar-refractivity contribution is 7.20. The molecule has 2 aromatic heterocycles. The van der Waals surface area contributed by atoms with E-state index >= 15 is 0 Å². The zero-order valence-corrected chi connectivity index (χ0v) is 17.8. The number of carbonyl (C=O) groups excluding carboxylic acids is 2. The summed E-state index contributed by atoms with van der Waals surface area (Å²) in [6, 6.07) is 2.55. The van der Waals surface area contributed by atoms with Crippen molar-refractivity contribution < 1.29 is 9.59 Å². The average molecular weight is 403 g/mol. The minimum absolute atomic E-state index is 0.0150. The first-order chi connectivity index (χ1) is 13.4. The first-order valence-corrected chi connectivity index (χ1v) is 11.3. The van der Waals surface area contributed by atoms with Gasteiger partial charge in [-0.05, 0) is 45.1 Å². The molecule has 2 aliphatic rings. The highest BCUT2D eigenvalue weighted by atomic mass is 32.1. The third kappa shape index (κ3) is 3.69. The summed E-state index contributed by atoms with van der Waals surface area (Å²) < 4.78 is 2.17. The van der Waals surface area contributed by atoms with E-state index in [0.717, 1.165) is 40.1 Å². The van der Waals surface area contributed by atoms with Gasteiger partial charge in [0.2, 0.25) is 5.91 Å². The van der Waals surface area contributed by atoms with Crippen molar-refractivity contribution in [1.82, 2.24) is 20.0 Å². The Morgan fingerprint density at radius 2 is 1.93 bits per heavy atom. The zero-order valence-electron chi connectivity index (χ0n) is 17.0. The van der Waals surface area contributed by atoms with Crippen molar-refractivity contribution in [2.75, 3.05) is 14.1 Å². The van der Waals surface area contributed by atoms with Crippen LogP contribution in [0, 0.1) is 12.8 Å². The molecule has 2 saturated carbocycles. The van der Waals surface area contributed by atoms with Crippen molar-refractivity contribution in [3.8, 4) is 0 Å². The van der Waals surface area contributed by atoms with Crippen molar-refractivity contribution in [2.24, 2.45) is 5.92 Å². The SMILES string of the molecule is Cc1nn(C2CCCCC2)c2sc(C(=O)N[C@@H]3CC[C@@H](C(=O)N(C)C)C3)cc12. The standard InChI is InChI=1S/C21H30N4O2S/c1-13-17-12-18(28-21(17)25(23-13)16-7-5-4-6-8-16)19(26)22-15-10-9-14(11-15)20(27)24(2)3/h12,14-16H,4-11H2,1-3H3,(H,22,26)/t14-,15-/m1/s1. The molecule has 0 aliphatic heterocycles. The molecule has 0 saturated heterocycles. The number of aryl methyl sites for hydroxylation is 1. The molecule has 2 aromatic rings. The number of rotatable bonds is 4. The second-order valence-electron chi connectivity index (χ2n) is 8.56. The molecule has 152 valence electrons. The number of nitrogens with zero attached hydrogens (tertiary/aromatic N) is 3. The van der Waals surface area contributed by atoms with E-state index in [4.69, 9.17) is 5.10 Å². The van der Waals surface area contributed by atoms with Gasteiger partial charge < -0.3 is 10.2 Å². The molecule has 0 aromatic carbocycles. The molecule has 6 nitrogen and oxygen atoms in total. The Morgan fingerprint density at radius 1 is 1.18 bits per heavy atom. The maximum absolute atomic E-state index is 12.9. The van der Waals surface area contributed by atoms with E-state index in [9.17, 15) is 9.59 Å². The van der Waals surface area contributed by atoms with Crippen LogP contribution in [0.5, 0.6) is 0 Å². The second kappa shape index (κ2) is 7.85. The fourth-order valence-electron chi connectivity index (χ4n) is 4.72. The summed E-state index contributed by atoms with van der Waals surface area (Å²) >= 11 is 1.56. The summed E-state index contributed by atoms with van der Waals surface area (Å²) in [6.07, 6.45) is 8.66. The van der Waals surface area contributed by atoms with Gasteiger partial charge in [-0.1, -0.05) is 19.3 Å². The largest absolute Gasteiger partial charge is 0.349 e. The predicted molar refractivity (Wildman–Crippen MR) is 112 cm³/mol. The van der Waals surface area contributed by atoms with Gasteiger partial charge in [-0.25, -0.2) is 0 Å². The molecular weight excluding hydrogens is 372 g/mol. The van der Waals surface area contributed by atoms with Gasteiger partial charge in [-0.15, -0.1) is 11.3 Å². The summed E-state index contributed by atoms with van der Waals surface area (Å²) in [6.45, 7) is 2.03. The van der Waals surface area contributed by atoms with Gasteiger partial charge in [-0.2, -0.15) is 5.10 Å². The van der Waals surface area contributed by atoms with Crippen LogP contribution in [0.15, 0.2) is 6.07 Å². The topological polar surface area (TPSA) is 67.2 Å². The summed E-state index contributed by atoms with van der Waals surface area (Å²) in [5, 5.41) is 9.04. The molecule has 0 unspecified atom stereocenters. The van der Waals surface area contributed by atoms with Crippen LogP contribution < -0.4 is 5.32 Å². The first-order valence-electron chi connectivity index (χ1n) is 10.4. The third-order valence-electron chi connectivity index (χ3n) is 6.27. The molecule has 2 heterocycles. The normalized spacial score (nSPS) is 23.2. The van der Waals surface area contributed by atoms with E-state index in [-0.39, 0.29) is 23.8 Å². The molecule has 2 amide bonds. The number of thiophene rings is 1. The fourth-order valence-corrected chi connectivity index (χ4v) is 5.85. The van der Waals surface area contributed by atoms with Crippen LogP contribution in [0.2, 0.25) is 0 Å². The van der Waals surface area contributed by atoms with Gasteiger partial charge in [0.25, 0.3) is 5.91 Å². The maximum Gasteiger partial charge on any atom is 0.261 e. The Labute approximate surface area is 170 Å². The molecule has 0 spiro atoms. The van der Waals surface area contributed by atoms with Crippen molar-refractivity contribution in [1.29, 1.82) is 0 Å². The molecular formula is C21H30N4O2S. The van der Waals surface area contributed by atoms with E-state index in [2.05, 4.69) is 10.00 Å². The lowest BCUT2D eigenvalue weighted by Gasteiger charge is -2.22. The Balaban J connectivity index is 1.47. The molecule has 1 N–H and O–H groups in total. The fraction of sp³-hybridized carbons (Fsp3) is 0.667. The Bertz CT molecular complexity index is 878. The van der Waals surface area contributed by atoms with Crippen LogP contribution in [0.1, 0.15) is 72.8 Å². The molecule has 0 bridgehead atoms. The quantitative estimate of drug-likeness (QED) is 0.843. The van der Waals surface area contributed by atoms with Gasteiger partial charge >= 0.3 is 0 Å². The number of nitrogens with one attached hydrogen (secondary N) is 1. The van der Waals surface area contributed by atoms with Gasteiger partial charge in [0, 0.05) is 31.4 Å². The van der Waals surface area contributed by atoms with Crippen molar-refractivity contribution >= 4 is 33.4 Å². The van der Waals surface area contributed by atoms with Gasteiger partial charge in [0.05, 0.1) is 16.6 Å². The first kappa shape index (κ1) is 19.4. The number of fused-ring (bicyclic) bond motifs is 1. The summed E-state index contributed by atoms with van der Waals surface area (Å²) in [7, 11) is 3.59. The molecule has 28 heavy (non-hydrogen) atoms. The van der Waals surface area contributed by atoms with Crippen molar-refractivity contribution in [3.63, 3.8) is 0 Å². The van der Waals surface area contributed by atoms with Crippen LogP contribution >= 0.6 is 11.3 Å². The van der Waals surface area contributed by atoms with E-state index in [0.29, 0.717) is 6.04 Å². The lowest BCUT2D eigenvalue weighted by molar-refractivity contribution is -0.132. The van der Waals surface area contributed by atoms with E-state index < -0.39 is 0 Å². The molecule has 0 radical (unpaired) electrons. The Morgan fingerprint density at radius 3 is 2.64 bits per heavy atom.